The SMILES string of the molecule is Cc1ccc(C(=O)O)cc1-c1ccc2c(c1)CB(C(=O)c1ccc(C(F)(F)F)cc1F)CO2. The lowest BCUT2D eigenvalue weighted by molar-refractivity contribution is -0.137. The minimum atomic E-state index is -4.71. The molecule has 0 radical (unpaired) electrons. The highest BCUT2D eigenvalue weighted by Gasteiger charge is 2.35. The van der Waals surface area contributed by atoms with Crippen LogP contribution in [0, 0.1) is 12.7 Å². The van der Waals surface area contributed by atoms with Crippen LogP contribution in [0.4, 0.5) is 17.6 Å². The molecule has 1 N–H and O–H groups in total. The van der Waals surface area contributed by atoms with Crippen LogP contribution < -0.4 is 4.74 Å². The number of alkyl halides is 3. The Kier molecular flexibility index (Phi) is 5.74. The lowest BCUT2D eigenvalue weighted by Crippen LogP contribution is -2.39. The number of fused-ring (bicyclic) bond motifs is 1. The van der Waals surface area contributed by atoms with E-state index in [9.17, 15) is 32.3 Å². The maximum Gasteiger partial charge on any atom is 0.416 e. The summed E-state index contributed by atoms with van der Waals surface area (Å²) in [5.41, 5.74) is 0.885. The van der Waals surface area contributed by atoms with E-state index in [0.29, 0.717) is 29.0 Å². The van der Waals surface area contributed by atoms with E-state index in [1.165, 1.54) is 6.07 Å². The molecule has 0 bridgehead atoms. The van der Waals surface area contributed by atoms with E-state index < -0.39 is 41.5 Å². The van der Waals surface area contributed by atoms with E-state index in [2.05, 4.69) is 0 Å². The first-order chi connectivity index (χ1) is 15.5. The van der Waals surface area contributed by atoms with E-state index in [0.717, 1.165) is 17.2 Å². The Morgan fingerprint density at radius 2 is 1.79 bits per heavy atom. The first-order valence-electron chi connectivity index (χ1n) is 10.1. The van der Waals surface area contributed by atoms with Gasteiger partial charge < -0.3 is 14.6 Å². The summed E-state index contributed by atoms with van der Waals surface area (Å²) in [6, 6.07) is 11.9. The van der Waals surface area contributed by atoms with Crippen molar-refractivity contribution in [3.8, 4) is 16.9 Å². The maximum absolute atomic E-state index is 14.3. The van der Waals surface area contributed by atoms with Gasteiger partial charge in [0, 0.05) is 5.56 Å². The van der Waals surface area contributed by atoms with Gasteiger partial charge in [-0.3, -0.25) is 0 Å². The Morgan fingerprint density at radius 3 is 2.45 bits per heavy atom. The standard InChI is InChI=1S/C24H17BF4O4/c1-13-2-3-15(23(31)32)9-19(13)14-4-7-21-16(8-14)11-25(12-33-21)22(30)18-6-5-17(10-20(18)26)24(27,28)29/h2-10H,11-12H2,1H3,(H,31,32). The van der Waals surface area contributed by atoms with Crippen LogP contribution in [0.5, 0.6) is 5.75 Å². The molecule has 0 aliphatic carbocycles. The summed E-state index contributed by atoms with van der Waals surface area (Å²) in [4.78, 5) is 24.2. The third-order valence-corrected chi connectivity index (χ3v) is 5.70. The van der Waals surface area contributed by atoms with Crippen molar-refractivity contribution >= 4 is 18.4 Å². The lowest BCUT2D eigenvalue weighted by Gasteiger charge is -2.23. The normalized spacial score (nSPS) is 13.3. The summed E-state index contributed by atoms with van der Waals surface area (Å²) in [6.07, 6.45) is -4.50. The van der Waals surface area contributed by atoms with Crippen molar-refractivity contribution in [2.75, 3.05) is 6.51 Å². The summed E-state index contributed by atoms with van der Waals surface area (Å²) in [7, 11) is 0. The molecule has 3 aromatic carbocycles. The van der Waals surface area contributed by atoms with Crippen LogP contribution in [0.25, 0.3) is 11.1 Å². The largest absolute Gasteiger partial charge is 0.501 e. The monoisotopic (exact) mass is 456 g/mol. The van der Waals surface area contributed by atoms with Crippen LogP contribution in [-0.2, 0) is 12.5 Å². The number of rotatable bonds is 4. The molecular weight excluding hydrogens is 439 g/mol. The first-order valence-corrected chi connectivity index (χ1v) is 10.1. The van der Waals surface area contributed by atoms with Gasteiger partial charge in [-0.05, 0) is 78.0 Å². The first kappa shape index (κ1) is 22.6. The van der Waals surface area contributed by atoms with Crippen molar-refractivity contribution in [2.45, 2.75) is 19.4 Å². The van der Waals surface area contributed by atoms with Gasteiger partial charge in [-0.15, -0.1) is 0 Å². The highest BCUT2D eigenvalue weighted by molar-refractivity contribution is 6.92. The Bertz CT molecular complexity index is 1270. The van der Waals surface area contributed by atoms with Crippen molar-refractivity contribution in [1.29, 1.82) is 0 Å². The second-order valence-electron chi connectivity index (χ2n) is 7.93. The van der Waals surface area contributed by atoms with Crippen LogP contribution >= 0.6 is 0 Å². The molecule has 0 spiro atoms. The van der Waals surface area contributed by atoms with E-state index in [-0.39, 0.29) is 18.4 Å². The summed E-state index contributed by atoms with van der Waals surface area (Å²) in [5, 5.41) is 9.28. The Balaban J connectivity index is 1.62. The van der Waals surface area contributed by atoms with Crippen LogP contribution in [0.15, 0.2) is 54.6 Å². The van der Waals surface area contributed by atoms with E-state index in [4.69, 9.17) is 4.74 Å². The van der Waals surface area contributed by atoms with Crippen LogP contribution in [0.2, 0.25) is 0 Å². The summed E-state index contributed by atoms with van der Waals surface area (Å²) in [6.45, 7) is 1.04. The van der Waals surface area contributed by atoms with Gasteiger partial charge in [0.25, 0.3) is 6.71 Å². The van der Waals surface area contributed by atoms with Crippen LogP contribution in [0.1, 0.15) is 37.4 Å². The van der Waals surface area contributed by atoms with E-state index >= 15 is 0 Å². The number of halogens is 4. The molecule has 0 saturated carbocycles. The summed E-state index contributed by atoms with van der Waals surface area (Å²) < 4.78 is 58.3. The molecule has 1 aliphatic rings. The zero-order valence-corrected chi connectivity index (χ0v) is 17.4. The van der Waals surface area contributed by atoms with Crippen LogP contribution in [-0.4, -0.2) is 30.0 Å². The fraction of sp³-hybridized carbons (Fsp3) is 0.167. The molecule has 0 amide bonds. The molecule has 1 aliphatic heterocycles. The molecule has 3 aromatic rings. The topological polar surface area (TPSA) is 63.6 Å². The lowest BCUT2D eigenvalue weighted by atomic mass is 9.42. The Labute approximate surface area is 186 Å². The third-order valence-electron chi connectivity index (χ3n) is 5.70. The summed E-state index contributed by atoms with van der Waals surface area (Å²) >= 11 is 0. The van der Waals surface area contributed by atoms with Gasteiger partial charge in [0.15, 0.2) is 0 Å². The quantitative estimate of drug-likeness (QED) is 0.419. The average molecular weight is 456 g/mol. The van der Waals surface area contributed by atoms with E-state index in [1.54, 1.807) is 30.3 Å². The number of carboxylic acid groups (broad SMARTS) is 1. The Morgan fingerprint density at radius 1 is 1.03 bits per heavy atom. The highest BCUT2D eigenvalue weighted by Crippen LogP contribution is 2.34. The van der Waals surface area contributed by atoms with Crippen molar-refractivity contribution in [3.63, 3.8) is 0 Å². The molecule has 1 heterocycles. The number of hydrogen-bond donors (Lipinski definition) is 1. The predicted octanol–water partition coefficient (Wildman–Crippen LogP) is 5.45. The molecule has 168 valence electrons. The molecule has 0 fully saturated rings. The summed E-state index contributed by atoms with van der Waals surface area (Å²) in [5.74, 6) is -1.74. The highest BCUT2D eigenvalue weighted by atomic mass is 19.4. The predicted molar refractivity (Wildman–Crippen MR) is 114 cm³/mol. The molecule has 9 heteroatoms. The van der Waals surface area contributed by atoms with Gasteiger partial charge in [0.1, 0.15) is 17.2 Å². The van der Waals surface area contributed by atoms with Gasteiger partial charge in [0.05, 0.1) is 17.6 Å². The molecular formula is C24H17BF4O4. The van der Waals surface area contributed by atoms with Crippen molar-refractivity contribution in [3.05, 3.63) is 88.2 Å². The number of aromatic carboxylic acids is 1. The van der Waals surface area contributed by atoms with Gasteiger partial charge in [0.2, 0.25) is 0 Å². The average Bonchev–Trinajstić information content (AvgIpc) is 2.77. The molecule has 0 atom stereocenters. The second kappa shape index (κ2) is 8.39. The molecule has 4 nitrogen and oxygen atoms in total. The third kappa shape index (κ3) is 4.48. The molecule has 4 rings (SSSR count). The molecule has 0 saturated heterocycles. The van der Waals surface area contributed by atoms with Gasteiger partial charge in [-0.25, -0.2) is 9.18 Å². The zero-order chi connectivity index (χ0) is 23.9. The number of carbonyl (C=O) groups is 2. The molecule has 0 unspecified atom stereocenters. The van der Waals surface area contributed by atoms with Crippen molar-refractivity contribution in [1.82, 2.24) is 0 Å². The van der Waals surface area contributed by atoms with Gasteiger partial charge >= 0.3 is 12.1 Å². The number of carbonyl (C=O) groups excluding carboxylic acids is 1. The Hall–Kier alpha value is -3.62. The van der Waals surface area contributed by atoms with Gasteiger partial charge in [-0.1, -0.05) is 12.1 Å². The minimum Gasteiger partial charge on any atom is -0.501 e. The number of aryl methyl sites for hydroxylation is 1. The zero-order valence-electron chi connectivity index (χ0n) is 17.4. The van der Waals surface area contributed by atoms with Crippen LogP contribution in [0.3, 0.4) is 0 Å². The molecule has 33 heavy (non-hydrogen) atoms. The number of hydrogen-bond acceptors (Lipinski definition) is 3. The fourth-order valence-electron chi connectivity index (χ4n) is 3.91. The minimum absolute atomic E-state index is 0.0286. The molecule has 0 aromatic heterocycles. The second-order valence-corrected chi connectivity index (χ2v) is 7.93. The van der Waals surface area contributed by atoms with Gasteiger partial charge in [-0.2, -0.15) is 13.2 Å². The number of benzene rings is 3. The van der Waals surface area contributed by atoms with E-state index in [1.807, 2.05) is 6.92 Å². The number of ether oxygens (including phenoxy) is 1. The maximum atomic E-state index is 14.3. The van der Waals surface area contributed by atoms with Crippen molar-refractivity contribution < 1.29 is 37.0 Å². The number of carboxylic acids is 1. The van der Waals surface area contributed by atoms with Crippen molar-refractivity contribution in [2.24, 2.45) is 0 Å². The fourth-order valence-corrected chi connectivity index (χ4v) is 3.91. The smallest absolute Gasteiger partial charge is 0.416 e.